The molecule has 0 aromatic heterocycles. The molecule has 0 saturated carbocycles. The summed E-state index contributed by atoms with van der Waals surface area (Å²) in [7, 11) is -1.39. The molecule has 144 valence electrons. The van der Waals surface area contributed by atoms with Gasteiger partial charge < -0.3 is 4.90 Å². The lowest BCUT2D eigenvalue weighted by molar-refractivity contribution is 0.103. The highest BCUT2D eigenvalue weighted by Crippen LogP contribution is 2.43. The van der Waals surface area contributed by atoms with Crippen LogP contribution in [0, 0.1) is 12.3 Å². The molecule has 1 unspecified atom stereocenters. The number of nitrogens with zero attached hydrogens (tertiary/aromatic N) is 2. The lowest BCUT2D eigenvalue weighted by Crippen LogP contribution is -2.43. The molecule has 4 rings (SSSR count). The number of hydrogen-bond donors (Lipinski definition) is 0. The average molecular weight is 385 g/mol. The zero-order valence-electron chi connectivity index (χ0n) is 16.2. The molecule has 0 radical (unpaired) electrons. The fourth-order valence-corrected chi connectivity index (χ4v) is 6.25. The van der Waals surface area contributed by atoms with E-state index in [0.717, 1.165) is 42.7 Å². The summed E-state index contributed by atoms with van der Waals surface area (Å²) >= 11 is 0. The standard InChI is InChI=1S/C22H28N2O2S/c1-18-8-10-20(11-9-18)27(25,26)24-15-13-22(12-5-14-23(2)17-22)16-19-6-3-4-7-21(19)24/h3-4,6-11H,5,12-17H2,1-2H3. The monoisotopic (exact) mass is 384 g/mol. The highest BCUT2D eigenvalue weighted by atomic mass is 32.2. The Bertz CT molecular complexity index is 924. The molecule has 2 aliphatic rings. The van der Waals surface area contributed by atoms with Crippen LogP contribution in [0.2, 0.25) is 0 Å². The first-order valence-corrected chi connectivity index (χ1v) is 11.2. The van der Waals surface area contributed by atoms with Crippen molar-refractivity contribution in [2.24, 2.45) is 5.41 Å². The number of fused-ring (bicyclic) bond motifs is 1. The fraction of sp³-hybridized carbons (Fsp3) is 0.455. The van der Waals surface area contributed by atoms with E-state index >= 15 is 0 Å². The number of sulfonamides is 1. The van der Waals surface area contributed by atoms with Crippen LogP contribution in [-0.2, 0) is 16.4 Å². The minimum absolute atomic E-state index is 0.167. The highest BCUT2D eigenvalue weighted by molar-refractivity contribution is 7.92. The van der Waals surface area contributed by atoms with Gasteiger partial charge in [0.2, 0.25) is 0 Å². The second-order valence-electron chi connectivity index (χ2n) is 8.29. The van der Waals surface area contributed by atoms with Gasteiger partial charge in [0.05, 0.1) is 10.6 Å². The zero-order valence-corrected chi connectivity index (χ0v) is 17.0. The van der Waals surface area contributed by atoms with Crippen molar-refractivity contribution >= 4 is 15.7 Å². The van der Waals surface area contributed by atoms with Gasteiger partial charge in [-0.15, -0.1) is 0 Å². The Morgan fingerprint density at radius 1 is 0.963 bits per heavy atom. The predicted octanol–water partition coefficient (Wildman–Crippen LogP) is 3.85. The summed E-state index contributed by atoms with van der Waals surface area (Å²) in [6.45, 7) is 4.69. The first kappa shape index (κ1) is 18.5. The van der Waals surface area contributed by atoms with E-state index in [4.69, 9.17) is 0 Å². The summed E-state index contributed by atoms with van der Waals surface area (Å²) in [4.78, 5) is 2.77. The van der Waals surface area contributed by atoms with Crippen molar-refractivity contribution in [1.82, 2.24) is 4.90 Å². The molecule has 1 saturated heterocycles. The van der Waals surface area contributed by atoms with Gasteiger partial charge in [0.1, 0.15) is 0 Å². The summed E-state index contributed by atoms with van der Waals surface area (Å²) < 4.78 is 28.6. The molecular weight excluding hydrogens is 356 g/mol. The molecule has 2 aromatic carbocycles. The van der Waals surface area contributed by atoms with Crippen LogP contribution >= 0.6 is 0 Å². The number of aryl methyl sites for hydroxylation is 1. The van der Waals surface area contributed by atoms with Gasteiger partial charge in [0.15, 0.2) is 0 Å². The third-order valence-corrected chi connectivity index (χ3v) is 7.96. The summed E-state index contributed by atoms with van der Waals surface area (Å²) in [6.07, 6.45) is 4.21. The van der Waals surface area contributed by atoms with Crippen molar-refractivity contribution < 1.29 is 8.42 Å². The van der Waals surface area contributed by atoms with Crippen LogP contribution in [0.15, 0.2) is 53.4 Å². The average Bonchev–Trinajstić information content (AvgIpc) is 2.78. The summed E-state index contributed by atoms with van der Waals surface area (Å²) in [6, 6.07) is 15.2. The van der Waals surface area contributed by atoms with E-state index in [-0.39, 0.29) is 5.41 Å². The lowest BCUT2D eigenvalue weighted by Gasteiger charge is -2.41. The number of para-hydroxylation sites is 1. The SMILES string of the molecule is Cc1ccc(S(=O)(=O)N2CCC3(CCCN(C)C3)Cc3ccccc32)cc1. The Morgan fingerprint density at radius 2 is 1.70 bits per heavy atom. The predicted molar refractivity (Wildman–Crippen MR) is 110 cm³/mol. The molecule has 27 heavy (non-hydrogen) atoms. The molecule has 0 bridgehead atoms. The first-order valence-electron chi connectivity index (χ1n) is 9.76. The maximum absolute atomic E-state index is 13.5. The molecule has 2 aliphatic heterocycles. The lowest BCUT2D eigenvalue weighted by atomic mass is 9.73. The molecule has 4 nitrogen and oxygen atoms in total. The van der Waals surface area contributed by atoms with Gasteiger partial charge in [-0.3, -0.25) is 4.31 Å². The van der Waals surface area contributed by atoms with Crippen LogP contribution in [0.5, 0.6) is 0 Å². The van der Waals surface area contributed by atoms with Crippen LogP contribution in [0.1, 0.15) is 30.4 Å². The largest absolute Gasteiger partial charge is 0.306 e. The van der Waals surface area contributed by atoms with E-state index in [9.17, 15) is 8.42 Å². The minimum Gasteiger partial charge on any atom is -0.306 e. The van der Waals surface area contributed by atoms with Crippen LogP contribution in [-0.4, -0.2) is 40.0 Å². The third kappa shape index (κ3) is 3.50. The number of rotatable bonds is 2. The molecule has 5 heteroatoms. The summed E-state index contributed by atoms with van der Waals surface area (Å²) in [5.41, 5.74) is 3.24. The summed E-state index contributed by atoms with van der Waals surface area (Å²) in [5.74, 6) is 0. The number of benzene rings is 2. The van der Waals surface area contributed by atoms with Gasteiger partial charge >= 0.3 is 0 Å². The normalized spacial score (nSPS) is 23.9. The van der Waals surface area contributed by atoms with Crippen LogP contribution in [0.3, 0.4) is 0 Å². The number of hydrogen-bond acceptors (Lipinski definition) is 3. The highest BCUT2D eigenvalue weighted by Gasteiger charge is 2.40. The van der Waals surface area contributed by atoms with E-state index in [2.05, 4.69) is 18.0 Å². The van der Waals surface area contributed by atoms with Crippen molar-refractivity contribution in [3.63, 3.8) is 0 Å². The number of anilines is 1. The maximum atomic E-state index is 13.5. The number of likely N-dealkylation sites (tertiary alicyclic amines) is 1. The van der Waals surface area contributed by atoms with Gasteiger partial charge in [0.25, 0.3) is 10.0 Å². The van der Waals surface area contributed by atoms with Gasteiger partial charge in [-0.1, -0.05) is 35.9 Å². The molecule has 1 fully saturated rings. The zero-order chi connectivity index (χ0) is 19.1. The Labute approximate surface area is 162 Å². The topological polar surface area (TPSA) is 40.6 Å². The van der Waals surface area contributed by atoms with Crippen molar-refractivity contribution in [3.05, 3.63) is 59.7 Å². The van der Waals surface area contributed by atoms with E-state index in [0.29, 0.717) is 11.4 Å². The molecular formula is C22H28N2O2S. The third-order valence-electron chi connectivity index (χ3n) is 6.13. The Hall–Kier alpha value is -1.85. The molecule has 0 aliphatic carbocycles. The Kier molecular flexibility index (Phi) is 4.77. The quantitative estimate of drug-likeness (QED) is 0.790. The second kappa shape index (κ2) is 6.95. The molecule has 2 aromatic rings. The Balaban J connectivity index is 1.75. The van der Waals surface area contributed by atoms with Gasteiger partial charge in [-0.2, -0.15) is 0 Å². The number of piperidine rings is 1. The molecule has 0 amide bonds. The van der Waals surface area contributed by atoms with Crippen LogP contribution in [0.4, 0.5) is 5.69 Å². The Morgan fingerprint density at radius 3 is 2.44 bits per heavy atom. The molecule has 1 spiro atoms. The van der Waals surface area contributed by atoms with Gasteiger partial charge in [0, 0.05) is 13.1 Å². The fourth-order valence-electron chi connectivity index (χ4n) is 4.75. The van der Waals surface area contributed by atoms with E-state index in [1.807, 2.05) is 37.3 Å². The maximum Gasteiger partial charge on any atom is 0.264 e. The molecule has 1 atom stereocenters. The second-order valence-corrected chi connectivity index (χ2v) is 10.1. The smallest absolute Gasteiger partial charge is 0.264 e. The van der Waals surface area contributed by atoms with Crippen molar-refractivity contribution in [3.8, 4) is 0 Å². The van der Waals surface area contributed by atoms with Crippen molar-refractivity contribution in [2.75, 3.05) is 31.0 Å². The van der Waals surface area contributed by atoms with Crippen molar-refractivity contribution in [1.29, 1.82) is 0 Å². The first-order chi connectivity index (χ1) is 12.9. The van der Waals surface area contributed by atoms with Crippen LogP contribution in [0.25, 0.3) is 0 Å². The molecule has 0 N–H and O–H groups in total. The molecule has 2 heterocycles. The van der Waals surface area contributed by atoms with Crippen molar-refractivity contribution in [2.45, 2.75) is 37.5 Å². The van der Waals surface area contributed by atoms with E-state index < -0.39 is 10.0 Å². The summed E-state index contributed by atoms with van der Waals surface area (Å²) in [5, 5.41) is 0. The minimum atomic E-state index is -3.56. The van der Waals surface area contributed by atoms with Crippen LogP contribution < -0.4 is 4.31 Å². The van der Waals surface area contributed by atoms with Gasteiger partial charge in [-0.05, 0) is 75.4 Å². The van der Waals surface area contributed by atoms with E-state index in [1.54, 1.807) is 16.4 Å². The van der Waals surface area contributed by atoms with Gasteiger partial charge in [-0.25, -0.2) is 8.42 Å². The van der Waals surface area contributed by atoms with E-state index in [1.165, 1.54) is 12.8 Å².